The molecule has 1 N–H and O–H groups in total. The summed E-state index contributed by atoms with van der Waals surface area (Å²) in [5, 5.41) is 9.04. The molecule has 0 fully saturated rings. The van der Waals surface area contributed by atoms with Crippen LogP contribution in [0.3, 0.4) is 0 Å². The van der Waals surface area contributed by atoms with Gasteiger partial charge in [-0.3, -0.25) is 0 Å². The number of aliphatic hydroxyl groups excluding tert-OH is 1. The predicted octanol–water partition coefficient (Wildman–Crippen LogP) is 4.16. The first-order chi connectivity index (χ1) is 9.22. The van der Waals surface area contributed by atoms with Crippen LogP contribution in [0.25, 0.3) is 0 Å². The minimum atomic E-state index is -0.664. The van der Waals surface area contributed by atoms with Crippen molar-refractivity contribution in [3.63, 3.8) is 0 Å². The van der Waals surface area contributed by atoms with Crippen LogP contribution in [0.15, 0.2) is 24.3 Å². The van der Waals surface area contributed by atoms with E-state index in [0.29, 0.717) is 0 Å². The molecule has 19 heavy (non-hydrogen) atoms. The number of hydrogen-bond donors (Lipinski definition) is 1. The van der Waals surface area contributed by atoms with Crippen LogP contribution in [-0.4, -0.2) is 17.8 Å². The largest absolute Gasteiger partial charge is 0.491 e. The Morgan fingerprint density at radius 1 is 1.05 bits per heavy atom. The molecular formula is C17H27O2. The van der Waals surface area contributed by atoms with Crippen LogP contribution in [0.1, 0.15) is 51.0 Å². The van der Waals surface area contributed by atoms with Crippen molar-refractivity contribution in [2.45, 2.75) is 58.0 Å². The maximum absolute atomic E-state index is 9.04. The molecule has 2 nitrogen and oxygen atoms in total. The summed E-state index contributed by atoms with van der Waals surface area (Å²) in [6, 6.07) is 8.15. The van der Waals surface area contributed by atoms with Crippen LogP contribution in [0.5, 0.6) is 5.75 Å². The van der Waals surface area contributed by atoms with Gasteiger partial charge in [0.1, 0.15) is 12.4 Å². The first-order valence-corrected chi connectivity index (χ1v) is 7.45. The van der Waals surface area contributed by atoms with Crippen molar-refractivity contribution in [3.05, 3.63) is 36.8 Å². The summed E-state index contributed by atoms with van der Waals surface area (Å²) in [5.74, 6) is 0.800. The van der Waals surface area contributed by atoms with E-state index in [1.165, 1.54) is 44.1 Å². The van der Waals surface area contributed by atoms with Gasteiger partial charge in [-0.2, -0.15) is 0 Å². The zero-order valence-electron chi connectivity index (χ0n) is 12.1. The molecule has 1 aromatic rings. The van der Waals surface area contributed by atoms with Crippen LogP contribution >= 0.6 is 0 Å². The standard InChI is InChI=1S/C17H27O2/c1-3-4-5-6-7-8-9-16-10-12-17(13-11-16)19-14-15(2)18/h10-13,15,18H,2-9,14H2,1H3. The van der Waals surface area contributed by atoms with Crippen molar-refractivity contribution >= 4 is 0 Å². The summed E-state index contributed by atoms with van der Waals surface area (Å²) in [6.07, 6.45) is 8.47. The molecule has 2 heteroatoms. The van der Waals surface area contributed by atoms with Gasteiger partial charge in [-0.05, 0) is 37.5 Å². The normalized spacial score (nSPS) is 12.4. The summed E-state index contributed by atoms with van der Waals surface area (Å²) in [7, 11) is 0. The minimum absolute atomic E-state index is 0.247. The zero-order valence-corrected chi connectivity index (χ0v) is 12.1. The quantitative estimate of drug-likeness (QED) is 0.642. The molecule has 0 spiro atoms. The van der Waals surface area contributed by atoms with E-state index >= 15 is 0 Å². The lowest BCUT2D eigenvalue weighted by Crippen LogP contribution is -2.13. The van der Waals surface area contributed by atoms with Gasteiger partial charge in [0.05, 0.1) is 6.10 Å². The Morgan fingerprint density at radius 3 is 2.32 bits per heavy atom. The fourth-order valence-corrected chi connectivity index (χ4v) is 2.05. The molecule has 0 aliphatic carbocycles. The lowest BCUT2D eigenvalue weighted by atomic mass is 10.0. The van der Waals surface area contributed by atoms with Crippen molar-refractivity contribution in [2.75, 3.05) is 6.61 Å². The summed E-state index contributed by atoms with van der Waals surface area (Å²) in [4.78, 5) is 0. The molecule has 0 saturated heterocycles. The van der Waals surface area contributed by atoms with Gasteiger partial charge < -0.3 is 9.84 Å². The number of aliphatic hydroxyl groups is 1. The summed E-state index contributed by atoms with van der Waals surface area (Å²) < 4.78 is 5.38. The van der Waals surface area contributed by atoms with Gasteiger partial charge in [-0.15, -0.1) is 0 Å². The minimum Gasteiger partial charge on any atom is -0.491 e. The molecule has 0 aliphatic heterocycles. The number of aryl methyl sites for hydroxylation is 1. The van der Waals surface area contributed by atoms with Gasteiger partial charge in [-0.25, -0.2) is 0 Å². The van der Waals surface area contributed by atoms with E-state index < -0.39 is 6.10 Å². The van der Waals surface area contributed by atoms with Crippen LogP contribution in [0, 0.1) is 6.92 Å². The molecule has 0 aliphatic rings. The monoisotopic (exact) mass is 263 g/mol. The molecule has 107 valence electrons. The molecule has 0 amide bonds. The molecule has 1 aromatic carbocycles. The second kappa shape index (κ2) is 9.85. The first kappa shape index (κ1) is 16.0. The summed E-state index contributed by atoms with van der Waals surface area (Å²) in [6.45, 7) is 5.97. The van der Waals surface area contributed by atoms with E-state index in [0.717, 1.165) is 12.2 Å². The third-order valence-corrected chi connectivity index (χ3v) is 3.18. The molecule has 1 radical (unpaired) electrons. The average Bonchev–Trinajstić information content (AvgIpc) is 2.41. The van der Waals surface area contributed by atoms with Crippen LogP contribution < -0.4 is 4.74 Å². The smallest absolute Gasteiger partial charge is 0.119 e. The zero-order chi connectivity index (χ0) is 13.9. The second-order valence-corrected chi connectivity index (χ2v) is 5.13. The summed E-state index contributed by atoms with van der Waals surface area (Å²) >= 11 is 0. The van der Waals surface area contributed by atoms with Crippen molar-refractivity contribution < 1.29 is 9.84 Å². The second-order valence-electron chi connectivity index (χ2n) is 5.13. The van der Waals surface area contributed by atoms with E-state index in [2.05, 4.69) is 26.0 Å². The Hall–Kier alpha value is -1.02. The third-order valence-electron chi connectivity index (χ3n) is 3.18. The number of ether oxygens (including phenoxy) is 1. The van der Waals surface area contributed by atoms with Gasteiger partial charge in [0.25, 0.3) is 0 Å². The van der Waals surface area contributed by atoms with Gasteiger partial charge in [0, 0.05) is 0 Å². The lowest BCUT2D eigenvalue weighted by molar-refractivity contribution is 0.142. The number of unbranched alkanes of at least 4 members (excludes halogenated alkanes) is 5. The Morgan fingerprint density at radius 2 is 1.68 bits per heavy atom. The van der Waals surface area contributed by atoms with Crippen molar-refractivity contribution in [1.29, 1.82) is 0 Å². The molecule has 0 saturated carbocycles. The molecule has 1 unspecified atom stereocenters. The highest BCUT2D eigenvalue weighted by Gasteiger charge is 1.99. The van der Waals surface area contributed by atoms with E-state index in [-0.39, 0.29) is 6.61 Å². The van der Waals surface area contributed by atoms with Crippen molar-refractivity contribution in [1.82, 2.24) is 0 Å². The van der Waals surface area contributed by atoms with Gasteiger partial charge in [-0.1, -0.05) is 51.2 Å². The molecule has 0 bridgehead atoms. The van der Waals surface area contributed by atoms with Crippen molar-refractivity contribution in [3.8, 4) is 5.75 Å². The highest BCUT2D eigenvalue weighted by molar-refractivity contribution is 5.27. The summed E-state index contributed by atoms with van der Waals surface area (Å²) in [5.41, 5.74) is 1.36. The maximum atomic E-state index is 9.04. The Labute approximate surface area is 117 Å². The highest BCUT2D eigenvalue weighted by Crippen LogP contribution is 2.15. The van der Waals surface area contributed by atoms with Gasteiger partial charge in [0.2, 0.25) is 0 Å². The van der Waals surface area contributed by atoms with Crippen molar-refractivity contribution in [2.24, 2.45) is 0 Å². The fourth-order valence-electron chi connectivity index (χ4n) is 2.05. The molecule has 1 atom stereocenters. The Balaban J connectivity index is 2.17. The van der Waals surface area contributed by atoms with Gasteiger partial charge >= 0.3 is 0 Å². The van der Waals surface area contributed by atoms with Crippen LogP contribution in [0.4, 0.5) is 0 Å². The predicted molar refractivity (Wildman–Crippen MR) is 80.4 cm³/mol. The molecule has 0 heterocycles. The average molecular weight is 263 g/mol. The number of rotatable bonds is 10. The first-order valence-electron chi connectivity index (χ1n) is 7.45. The molecular weight excluding hydrogens is 236 g/mol. The highest BCUT2D eigenvalue weighted by atomic mass is 16.5. The third kappa shape index (κ3) is 7.89. The van der Waals surface area contributed by atoms with E-state index in [4.69, 9.17) is 9.84 Å². The van der Waals surface area contributed by atoms with E-state index in [9.17, 15) is 0 Å². The molecule has 1 rings (SSSR count). The lowest BCUT2D eigenvalue weighted by Gasteiger charge is -2.08. The Bertz CT molecular complexity index is 317. The van der Waals surface area contributed by atoms with Crippen LogP contribution in [0.2, 0.25) is 0 Å². The SMILES string of the molecule is [CH2]C(O)COc1ccc(CCCCCCCC)cc1. The van der Waals surface area contributed by atoms with E-state index in [1.807, 2.05) is 12.1 Å². The number of hydrogen-bond acceptors (Lipinski definition) is 2. The topological polar surface area (TPSA) is 29.5 Å². The van der Waals surface area contributed by atoms with Gasteiger partial charge in [0.15, 0.2) is 0 Å². The molecule has 0 aromatic heterocycles. The maximum Gasteiger partial charge on any atom is 0.119 e. The van der Waals surface area contributed by atoms with Crippen LogP contribution in [-0.2, 0) is 6.42 Å². The Kier molecular flexibility index (Phi) is 8.31. The van der Waals surface area contributed by atoms with E-state index in [1.54, 1.807) is 0 Å². The fraction of sp³-hybridized carbons (Fsp3) is 0.588. The number of benzene rings is 1.